The molecule has 0 bridgehead atoms. The summed E-state index contributed by atoms with van der Waals surface area (Å²) in [6.07, 6.45) is 1.47. The first kappa shape index (κ1) is 19.1. The highest BCUT2D eigenvalue weighted by Crippen LogP contribution is 2.35. The molecule has 5 heteroatoms. The Hall–Kier alpha value is -2.71. The van der Waals surface area contributed by atoms with Crippen molar-refractivity contribution in [3.63, 3.8) is 0 Å². The number of benzene rings is 2. The second-order valence-electron chi connectivity index (χ2n) is 7.33. The third kappa shape index (κ3) is 4.72. The Labute approximate surface area is 163 Å². The molecule has 3 rings (SSSR count). The molecule has 0 atom stereocenters. The Morgan fingerprint density at radius 3 is 2.78 bits per heavy atom. The van der Waals surface area contributed by atoms with Gasteiger partial charge in [0.1, 0.15) is 11.3 Å². The third-order valence-corrected chi connectivity index (χ3v) is 4.84. The molecule has 0 aliphatic rings. The minimum Gasteiger partial charge on any atom is -0.484 e. The summed E-state index contributed by atoms with van der Waals surface area (Å²) in [5, 5.41) is 10.4. The van der Waals surface area contributed by atoms with Gasteiger partial charge < -0.3 is 9.15 Å². The van der Waals surface area contributed by atoms with E-state index in [1.165, 1.54) is 17.8 Å². The highest BCUT2D eigenvalue weighted by molar-refractivity contribution is 8.02. The summed E-state index contributed by atoms with van der Waals surface area (Å²) in [6, 6.07) is 14.0. The number of aromatic nitrogens is 1. The first-order valence-electron chi connectivity index (χ1n) is 8.71. The lowest BCUT2D eigenvalue weighted by Gasteiger charge is -2.23. The van der Waals surface area contributed by atoms with Crippen molar-refractivity contribution in [1.82, 2.24) is 4.98 Å². The molecular weight excluding hydrogens is 356 g/mol. The van der Waals surface area contributed by atoms with Gasteiger partial charge in [-0.1, -0.05) is 38.6 Å². The van der Waals surface area contributed by atoms with Crippen LogP contribution >= 0.6 is 11.8 Å². The van der Waals surface area contributed by atoms with E-state index in [-0.39, 0.29) is 12.0 Å². The molecule has 1 aromatic heterocycles. The number of aryl methyl sites for hydroxylation is 1. The van der Waals surface area contributed by atoms with Crippen LogP contribution in [0.25, 0.3) is 11.1 Å². The van der Waals surface area contributed by atoms with Crippen molar-refractivity contribution in [2.75, 3.05) is 0 Å². The number of hydrogen-bond donors (Lipinski definition) is 0. The molecule has 0 unspecified atom stereocenters. The van der Waals surface area contributed by atoms with Gasteiger partial charge >= 0.3 is 0 Å². The highest BCUT2D eigenvalue weighted by Gasteiger charge is 2.20. The molecule has 4 nitrogen and oxygen atoms in total. The van der Waals surface area contributed by atoms with Gasteiger partial charge in [0.05, 0.1) is 6.07 Å². The first-order valence-corrected chi connectivity index (χ1v) is 9.59. The maximum atomic E-state index is 8.63. The van der Waals surface area contributed by atoms with Crippen LogP contribution in [-0.4, -0.2) is 4.98 Å². The molecule has 0 saturated carbocycles. The van der Waals surface area contributed by atoms with Gasteiger partial charge in [-0.3, -0.25) is 0 Å². The van der Waals surface area contributed by atoms with E-state index < -0.39 is 0 Å². The largest absolute Gasteiger partial charge is 0.484 e. The molecule has 0 N–H and O–H groups in total. The van der Waals surface area contributed by atoms with E-state index in [0.717, 1.165) is 32.9 Å². The maximum Gasteiger partial charge on any atom is 0.233 e. The molecule has 0 spiro atoms. The molecule has 0 aliphatic carbocycles. The zero-order chi connectivity index (χ0) is 19.4. The molecule has 3 aromatic rings. The monoisotopic (exact) mass is 378 g/mol. The summed E-state index contributed by atoms with van der Waals surface area (Å²) in [5.41, 5.74) is 3.79. The van der Waals surface area contributed by atoms with E-state index in [0.29, 0.717) is 5.89 Å². The molecule has 0 amide bonds. The summed E-state index contributed by atoms with van der Waals surface area (Å²) in [7, 11) is 0. The van der Waals surface area contributed by atoms with Crippen LogP contribution in [0.15, 0.2) is 57.2 Å². The minimum atomic E-state index is -0.0801. The van der Waals surface area contributed by atoms with Crippen molar-refractivity contribution in [1.29, 1.82) is 5.26 Å². The molecule has 0 saturated heterocycles. The van der Waals surface area contributed by atoms with Crippen LogP contribution in [0.2, 0.25) is 0 Å². The van der Waals surface area contributed by atoms with Crippen molar-refractivity contribution in [2.45, 2.75) is 44.6 Å². The molecule has 27 heavy (non-hydrogen) atoms. The first-order chi connectivity index (χ1) is 12.9. The SMILES string of the molecule is Cc1ccc2oc(COc3ccc(SC=CC#N)cc3C(C)(C)C)nc2c1. The van der Waals surface area contributed by atoms with Crippen LogP contribution in [0.3, 0.4) is 0 Å². The van der Waals surface area contributed by atoms with E-state index in [1.54, 1.807) is 5.41 Å². The van der Waals surface area contributed by atoms with Crippen LogP contribution in [0.4, 0.5) is 0 Å². The molecule has 138 valence electrons. The Kier molecular flexibility index (Phi) is 5.57. The van der Waals surface area contributed by atoms with Gasteiger partial charge in [0.15, 0.2) is 12.2 Å². The molecule has 0 aliphatic heterocycles. The van der Waals surface area contributed by atoms with Crippen LogP contribution in [0.5, 0.6) is 5.75 Å². The van der Waals surface area contributed by atoms with Crippen LogP contribution < -0.4 is 4.74 Å². The lowest BCUT2D eigenvalue weighted by Crippen LogP contribution is -2.13. The smallest absolute Gasteiger partial charge is 0.233 e. The van der Waals surface area contributed by atoms with Crippen molar-refractivity contribution < 1.29 is 9.15 Å². The lowest BCUT2D eigenvalue weighted by atomic mass is 9.86. The predicted molar refractivity (Wildman–Crippen MR) is 109 cm³/mol. The van der Waals surface area contributed by atoms with Crippen molar-refractivity contribution >= 4 is 22.9 Å². The van der Waals surface area contributed by atoms with Gasteiger partial charge in [-0.25, -0.2) is 4.98 Å². The van der Waals surface area contributed by atoms with Crippen LogP contribution in [-0.2, 0) is 12.0 Å². The van der Waals surface area contributed by atoms with E-state index in [2.05, 4.69) is 31.8 Å². The number of fused-ring (bicyclic) bond motifs is 1. The molecule has 1 heterocycles. The predicted octanol–water partition coefficient (Wildman–Crippen LogP) is 6.14. The summed E-state index contributed by atoms with van der Waals surface area (Å²) in [6.45, 7) is 8.76. The number of nitriles is 1. The van der Waals surface area contributed by atoms with E-state index in [1.807, 2.05) is 43.3 Å². The Bertz CT molecular complexity index is 1020. The minimum absolute atomic E-state index is 0.0801. The topological polar surface area (TPSA) is 59.0 Å². The fourth-order valence-electron chi connectivity index (χ4n) is 2.72. The second-order valence-corrected chi connectivity index (χ2v) is 8.30. The zero-order valence-electron chi connectivity index (χ0n) is 15.9. The number of hydrogen-bond acceptors (Lipinski definition) is 5. The quantitative estimate of drug-likeness (QED) is 0.394. The molecule has 0 fully saturated rings. The van der Waals surface area contributed by atoms with E-state index in [9.17, 15) is 0 Å². The zero-order valence-corrected chi connectivity index (χ0v) is 16.8. The lowest BCUT2D eigenvalue weighted by molar-refractivity contribution is 0.261. The number of oxazole rings is 1. The van der Waals surface area contributed by atoms with Crippen molar-refractivity contribution in [3.8, 4) is 11.8 Å². The van der Waals surface area contributed by atoms with Gasteiger partial charge in [-0.2, -0.15) is 5.26 Å². The summed E-state index contributed by atoms with van der Waals surface area (Å²) < 4.78 is 11.8. The van der Waals surface area contributed by atoms with Gasteiger partial charge in [-0.05, 0) is 53.6 Å². The fraction of sp³-hybridized carbons (Fsp3) is 0.273. The number of thioether (sulfide) groups is 1. The fourth-order valence-corrected chi connectivity index (χ4v) is 3.34. The van der Waals surface area contributed by atoms with E-state index in [4.69, 9.17) is 14.4 Å². The Morgan fingerprint density at radius 2 is 2.04 bits per heavy atom. The Balaban J connectivity index is 1.82. The molecular formula is C22H22N2O2S. The van der Waals surface area contributed by atoms with Crippen LogP contribution in [0.1, 0.15) is 37.8 Å². The molecule has 2 aromatic carbocycles. The summed E-state index contributed by atoms with van der Waals surface area (Å²) >= 11 is 1.51. The average molecular weight is 378 g/mol. The summed E-state index contributed by atoms with van der Waals surface area (Å²) in [5.74, 6) is 1.38. The second kappa shape index (κ2) is 7.89. The van der Waals surface area contributed by atoms with Gasteiger partial charge in [-0.15, -0.1) is 0 Å². The van der Waals surface area contributed by atoms with Gasteiger partial charge in [0, 0.05) is 16.5 Å². The van der Waals surface area contributed by atoms with Gasteiger partial charge in [0.25, 0.3) is 0 Å². The van der Waals surface area contributed by atoms with Crippen LogP contribution in [0, 0.1) is 18.3 Å². The number of ether oxygens (including phenoxy) is 1. The normalized spacial score (nSPS) is 11.8. The van der Waals surface area contributed by atoms with Crippen molar-refractivity contribution in [2.24, 2.45) is 0 Å². The molecule has 0 radical (unpaired) electrons. The van der Waals surface area contributed by atoms with Gasteiger partial charge in [0.2, 0.25) is 5.89 Å². The third-order valence-electron chi connectivity index (χ3n) is 4.04. The highest BCUT2D eigenvalue weighted by atomic mass is 32.2. The Morgan fingerprint density at radius 1 is 1.22 bits per heavy atom. The van der Waals surface area contributed by atoms with Crippen molar-refractivity contribution in [3.05, 3.63) is 64.9 Å². The average Bonchev–Trinajstić information content (AvgIpc) is 3.02. The summed E-state index contributed by atoms with van der Waals surface area (Å²) in [4.78, 5) is 5.58. The standard InChI is InChI=1S/C22H22N2O2S/c1-15-6-8-20-18(12-15)24-21(26-20)14-25-19-9-7-16(27-11-5-10-23)13-17(19)22(2,3)4/h5-9,11-13H,14H2,1-4H3. The number of nitrogens with zero attached hydrogens (tertiary/aromatic N) is 2. The van der Waals surface area contributed by atoms with E-state index >= 15 is 0 Å². The number of rotatable bonds is 5. The number of allylic oxidation sites excluding steroid dienone is 1. The maximum absolute atomic E-state index is 8.63.